The quantitative estimate of drug-likeness (QED) is 0.740. The molecule has 2 aliphatic rings. The Morgan fingerprint density at radius 1 is 0.867 bits per heavy atom. The van der Waals surface area contributed by atoms with Crippen LogP contribution in [0.4, 0.5) is 0 Å². The average molecular weight is 227 g/mol. The van der Waals surface area contributed by atoms with Crippen LogP contribution in [-0.2, 0) is 0 Å². The van der Waals surface area contributed by atoms with Gasteiger partial charge in [-0.15, -0.1) is 0 Å². The third-order valence-electron chi connectivity index (χ3n) is 3.99. The first-order chi connectivity index (χ1) is 7.40. The largest absolute Gasteiger partial charge is 0.316 e. The van der Waals surface area contributed by atoms with Crippen LogP contribution in [0.25, 0.3) is 0 Å². The van der Waals surface area contributed by atoms with Crippen LogP contribution < -0.4 is 5.32 Å². The van der Waals surface area contributed by atoms with E-state index < -0.39 is 0 Å². The summed E-state index contributed by atoms with van der Waals surface area (Å²) in [6.45, 7) is 0. The van der Waals surface area contributed by atoms with Gasteiger partial charge in [-0.3, -0.25) is 0 Å². The van der Waals surface area contributed by atoms with E-state index in [0.29, 0.717) is 0 Å². The van der Waals surface area contributed by atoms with Gasteiger partial charge in [0.25, 0.3) is 0 Å². The van der Waals surface area contributed by atoms with Crippen molar-refractivity contribution in [1.29, 1.82) is 0 Å². The first-order valence-electron chi connectivity index (χ1n) is 6.73. The maximum Gasteiger partial charge on any atom is 0.0203 e. The monoisotopic (exact) mass is 227 g/mol. The Morgan fingerprint density at radius 3 is 2.27 bits per heavy atom. The minimum atomic E-state index is 0.790. The molecule has 2 saturated carbocycles. The Hall–Kier alpha value is 0.310. The van der Waals surface area contributed by atoms with Crippen molar-refractivity contribution in [3.05, 3.63) is 0 Å². The molecule has 2 atom stereocenters. The van der Waals surface area contributed by atoms with E-state index >= 15 is 0 Å². The van der Waals surface area contributed by atoms with Crippen LogP contribution in [0, 0.1) is 0 Å². The van der Waals surface area contributed by atoms with Gasteiger partial charge in [0.1, 0.15) is 0 Å². The molecule has 1 N–H and O–H groups in total. The van der Waals surface area contributed by atoms with E-state index in [2.05, 4.69) is 24.1 Å². The second-order valence-corrected chi connectivity index (χ2v) is 6.66. The summed E-state index contributed by atoms with van der Waals surface area (Å²) in [5, 5.41) is 5.44. The molecule has 15 heavy (non-hydrogen) atoms. The van der Waals surface area contributed by atoms with Crippen LogP contribution in [0.1, 0.15) is 57.8 Å². The molecule has 0 aromatic carbocycles. The third kappa shape index (κ3) is 3.39. The zero-order chi connectivity index (χ0) is 10.5. The minimum absolute atomic E-state index is 0.790. The van der Waals surface area contributed by atoms with E-state index in [1.54, 1.807) is 0 Å². The van der Waals surface area contributed by atoms with Crippen molar-refractivity contribution in [2.24, 2.45) is 0 Å². The number of hydrogen-bond acceptors (Lipinski definition) is 2. The van der Waals surface area contributed by atoms with Gasteiger partial charge in [0.2, 0.25) is 0 Å². The van der Waals surface area contributed by atoms with E-state index in [0.717, 1.165) is 16.5 Å². The normalized spacial score (nSPS) is 34.2. The standard InChI is InChI=1S/C13H25NS/c1-14-12-9-3-2-4-10-13(12)15-11-7-5-6-8-11/h11-14H,2-10H2,1H3. The number of rotatable bonds is 3. The topological polar surface area (TPSA) is 12.0 Å². The van der Waals surface area contributed by atoms with Crippen molar-refractivity contribution < 1.29 is 0 Å². The molecule has 1 nitrogen and oxygen atoms in total. The molecule has 2 heteroatoms. The molecule has 0 aromatic heterocycles. The molecule has 2 fully saturated rings. The van der Waals surface area contributed by atoms with Crippen LogP contribution in [0.2, 0.25) is 0 Å². The summed E-state index contributed by atoms with van der Waals surface area (Å²) in [5.74, 6) is 0. The summed E-state index contributed by atoms with van der Waals surface area (Å²) in [6.07, 6.45) is 13.1. The summed E-state index contributed by atoms with van der Waals surface area (Å²) in [4.78, 5) is 0. The average Bonchev–Trinajstić information content (AvgIpc) is 2.64. The van der Waals surface area contributed by atoms with Gasteiger partial charge in [-0.1, -0.05) is 32.1 Å². The molecule has 2 rings (SSSR count). The van der Waals surface area contributed by atoms with Gasteiger partial charge < -0.3 is 5.32 Å². The highest BCUT2D eigenvalue weighted by Crippen LogP contribution is 2.37. The molecule has 0 heterocycles. The van der Waals surface area contributed by atoms with Crippen LogP contribution >= 0.6 is 11.8 Å². The highest BCUT2D eigenvalue weighted by molar-refractivity contribution is 8.00. The predicted molar refractivity (Wildman–Crippen MR) is 69.6 cm³/mol. The van der Waals surface area contributed by atoms with Crippen LogP contribution in [0.5, 0.6) is 0 Å². The lowest BCUT2D eigenvalue weighted by Crippen LogP contribution is -2.35. The van der Waals surface area contributed by atoms with Gasteiger partial charge >= 0.3 is 0 Å². The fourth-order valence-electron chi connectivity index (χ4n) is 3.04. The fourth-order valence-corrected chi connectivity index (χ4v) is 4.90. The lowest BCUT2D eigenvalue weighted by Gasteiger charge is -2.26. The maximum atomic E-state index is 3.55. The van der Waals surface area contributed by atoms with E-state index in [9.17, 15) is 0 Å². The van der Waals surface area contributed by atoms with Crippen molar-refractivity contribution in [1.82, 2.24) is 5.32 Å². The molecule has 2 unspecified atom stereocenters. The molecule has 0 amide bonds. The number of nitrogens with one attached hydrogen (secondary N) is 1. The summed E-state index contributed by atoms with van der Waals surface area (Å²) in [7, 11) is 2.15. The van der Waals surface area contributed by atoms with Gasteiger partial charge in [0, 0.05) is 16.5 Å². The molecular weight excluding hydrogens is 202 g/mol. The second kappa shape index (κ2) is 6.15. The van der Waals surface area contributed by atoms with Crippen molar-refractivity contribution in [2.45, 2.75) is 74.3 Å². The SMILES string of the molecule is CNC1CCCCCC1SC1CCCC1. The molecular formula is C13H25NS. The van der Waals surface area contributed by atoms with E-state index in [4.69, 9.17) is 0 Å². The number of thioether (sulfide) groups is 1. The zero-order valence-corrected chi connectivity index (χ0v) is 10.8. The highest BCUT2D eigenvalue weighted by atomic mass is 32.2. The summed E-state index contributed by atoms with van der Waals surface area (Å²) >= 11 is 2.31. The van der Waals surface area contributed by atoms with Crippen molar-refractivity contribution in [2.75, 3.05) is 7.05 Å². The van der Waals surface area contributed by atoms with Gasteiger partial charge in [-0.05, 0) is 32.7 Å². The lowest BCUT2D eigenvalue weighted by atomic mass is 10.1. The second-order valence-electron chi connectivity index (χ2n) is 5.11. The van der Waals surface area contributed by atoms with Gasteiger partial charge in [-0.2, -0.15) is 11.8 Å². The predicted octanol–water partition coefficient (Wildman–Crippen LogP) is 3.58. The first-order valence-corrected chi connectivity index (χ1v) is 7.67. The smallest absolute Gasteiger partial charge is 0.0203 e. The third-order valence-corrected chi connectivity index (χ3v) is 5.76. The van der Waals surface area contributed by atoms with E-state index in [1.165, 1.54) is 57.8 Å². The first kappa shape index (κ1) is 11.8. The maximum absolute atomic E-state index is 3.55. The molecule has 2 aliphatic carbocycles. The van der Waals surface area contributed by atoms with Crippen LogP contribution in [-0.4, -0.2) is 23.6 Å². The van der Waals surface area contributed by atoms with Crippen LogP contribution in [0.3, 0.4) is 0 Å². The minimum Gasteiger partial charge on any atom is -0.316 e. The molecule has 0 aromatic rings. The van der Waals surface area contributed by atoms with Crippen molar-refractivity contribution >= 4 is 11.8 Å². The Kier molecular flexibility index (Phi) is 4.83. The summed E-state index contributed by atoms with van der Waals surface area (Å²) in [6, 6.07) is 0.790. The molecule has 88 valence electrons. The molecule has 0 aliphatic heterocycles. The highest BCUT2D eigenvalue weighted by Gasteiger charge is 2.27. The Balaban J connectivity index is 1.85. The number of hydrogen-bond donors (Lipinski definition) is 1. The van der Waals surface area contributed by atoms with E-state index in [1.807, 2.05) is 0 Å². The van der Waals surface area contributed by atoms with Gasteiger partial charge in [0.15, 0.2) is 0 Å². The summed E-state index contributed by atoms with van der Waals surface area (Å²) < 4.78 is 0. The van der Waals surface area contributed by atoms with Crippen molar-refractivity contribution in [3.8, 4) is 0 Å². The van der Waals surface area contributed by atoms with Gasteiger partial charge in [-0.25, -0.2) is 0 Å². The Bertz CT molecular complexity index is 177. The molecule has 0 spiro atoms. The van der Waals surface area contributed by atoms with Crippen LogP contribution in [0.15, 0.2) is 0 Å². The Labute approximate surface area is 98.8 Å². The fraction of sp³-hybridized carbons (Fsp3) is 1.00. The molecule has 0 radical (unpaired) electrons. The molecule has 0 bridgehead atoms. The zero-order valence-electron chi connectivity index (χ0n) is 10.0. The Morgan fingerprint density at radius 2 is 1.53 bits per heavy atom. The summed E-state index contributed by atoms with van der Waals surface area (Å²) in [5.41, 5.74) is 0. The van der Waals surface area contributed by atoms with E-state index in [-0.39, 0.29) is 0 Å². The van der Waals surface area contributed by atoms with Crippen molar-refractivity contribution in [3.63, 3.8) is 0 Å². The molecule has 0 saturated heterocycles. The lowest BCUT2D eigenvalue weighted by molar-refractivity contribution is 0.509. The van der Waals surface area contributed by atoms with Gasteiger partial charge in [0.05, 0.1) is 0 Å².